The minimum atomic E-state index is -0.977. The summed E-state index contributed by atoms with van der Waals surface area (Å²) in [5.74, 6) is -0.977. The van der Waals surface area contributed by atoms with E-state index in [2.05, 4.69) is 11.9 Å². The summed E-state index contributed by atoms with van der Waals surface area (Å²) in [4.78, 5) is 24.5. The van der Waals surface area contributed by atoms with Gasteiger partial charge in [0.25, 0.3) is 0 Å². The van der Waals surface area contributed by atoms with Crippen molar-refractivity contribution in [1.82, 2.24) is 10.2 Å². The maximum absolute atomic E-state index is 11.9. The third-order valence-corrected chi connectivity index (χ3v) is 2.75. The van der Waals surface area contributed by atoms with E-state index < -0.39 is 12.0 Å². The Kier molecular flexibility index (Phi) is 5.00. The van der Waals surface area contributed by atoms with E-state index in [9.17, 15) is 9.59 Å². The van der Waals surface area contributed by atoms with Crippen molar-refractivity contribution in [3.8, 4) is 0 Å². The molecular weight excluding hydrogens is 220 g/mol. The summed E-state index contributed by atoms with van der Waals surface area (Å²) >= 11 is 0. The fourth-order valence-corrected chi connectivity index (χ4v) is 1.70. The highest BCUT2D eigenvalue weighted by Gasteiger charge is 2.33. The molecule has 0 aliphatic heterocycles. The van der Waals surface area contributed by atoms with Gasteiger partial charge in [0.1, 0.15) is 6.04 Å². The first-order chi connectivity index (χ1) is 8.10. The molecule has 1 rings (SSSR count). The van der Waals surface area contributed by atoms with Gasteiger partial charge in [0, 0.05) is 12.6 Å². The van der Waals surface area contributed by atoms with Gasteiger partial charge >= 0.3 is 12.0 Å². The average molecular weight is 240 g/mol. The van der Waals surface area contributed by atoms with E-state index in [4.69, 9.17) is 5.11 Å². The zero-order valence-corrected chi connectivity index (χ0v) is 10.2. The van der Waals surface area contributed by atoms with E-state index in [0.717, 1.165) is 19.3 Å². The highest BCUT2D eigenvalue weighted by atomic mass is 16.4. The van der Waals surface area contributed by atoms with E-state index in [0.29, 0.717) is 13.0 Å². The number of rotatable bonds is 7. The van der Waals surface area contributed by atoms with Gasteiger partial charge < -0.3 is 15.3 Å². The van der Waals surface area contributed by atoms with Crippen LogP contribution in [0.25, 0.3) is 0 Å². The van der Waals surface area contributed by atoms with E-state index in [-0.39, 0.29) is 12.1 Å². The minimum Gasteiger partial charge on any atom is -0.480 e. The molecule has 5 heteroatoms. The molecule has 0 aromatic carbocycles. The van der Waals surface area contributed by atoms with Crippen molar-refractivity contribution in [1.29, 1.82) is 0 Å². The van der Waals surface area contributed by atoms with Gasteiger partial charge in [-0.2, -0.15) is 0 Å². The number of carbonyl (C=O) groups excluding carboxylic acids is 1. The van der Waals surface area contributed by atoms with Crippen LogP contribution in [0.15, 0.2) is 12.7 Å². The molecule has 2 N–H and O–H groups in total. The third-order valence-electron chi connectivity index (χ3n) is 2.75. The van der Waals surface area contributed by atoms with Crippen molar-refractivity contribution in [2.24, 2.45) is 0 Å². The lowest BCUT2D eigenvalue weighted by atomic mass is 10.2. The number of carbonyl (C=O) groups is 2. The molecule has 0 bridgehead atoms. The van der Waals surface area contributed by atoms with Crippen LogP contribution in [0.1, 0.15) is 32.6 Å². The number of urea groups is 1. The number of carboxylic acid groups (broad SMARTS) is 1. The lowest BCUT2D eigenvalue weighted by Gasteiger charge is -2.23. The molecule has 1 fully saturated rings. The van der Waals surface area contributed by atoms with E-state index >= 15 is 0 Å². The lowest BCUT2D eigenvalue weighted by Crippen LogP contribution is -2.48. The standard InChI is InChI=1S/C12H20N2O3/c1-3-5-10(11(15)16)13-12(17)14(8-4-2)9-6-7-9/h4,9-10H,2-3,5-8H2,1H3,(H,13,17)(H,15,16)/t10-/m0/s1. The van der Waals surface area contributed by atoms with Crippen molar-refractivity contribution in [2.45, 2.75) is 44.7 Å². The topological polar surface area (TPSA) is 69.6 Å². The van der Waals surface area contributed by atoms with Gasteiger partial charge in [-0.1, -0.05) is 19.4 Å². The van der Waals surface area contributed by atoms with Crippen molar-refractivity contribution in [3.05, 3.63) is 12.7 Å². The summed E-state index contributed by atoms with van der Waals surface area (Å²) in [6.07, 6.45) is 4.82. The molecule has 0 unspecified atom stereocenters. The number of nitrogens with zero attached hydrogens (tertiary/aromatic N) is 1. The van der Waals surface area contributed by atoms with Gasteiger partial charge in [0.15, 0.2) is 0 Å². The number of hydrogen-bond acceptors (Lipinski definition) is 2. The number of aliphatic carboxylic acids is 1. The first-order valence-electron chi connectivity index (χ1n) is 6.01. The second-order valence-electron chi connectivity index (χ2n) is 4.30. The molecule has 17 heavy (non-hydrogen) atoms. The minimum absolute atomic E-state index is 0.254. The Balaban J connectivity index is 2.54. The summed E-state index contributed by atoms with van der Waals surface area (Å²) < 4.78 is 0. The van der Waals surface area contributed by atoms with Crippen molar-refractivity contribution in [2.75, 3.05) is 6.54 Å². The molecule has 1 atom stereocenters. The van der Waals surface area contributed by atoms with Crippen LogP contribution in [0.2, 0.25) is 0 Å². The van der Waals surface area contributed by atoms with Gasteiger partial charge in [-0.25, -0.2) is 9.59 Å². The fraction of sp³-hybridized carbons (Fsp3) is 0.667. The normalized spacial score (nSPS) is 16.1. The Bertz CT molecular complexity index is 300. The molecule has 1 aliphatic carbocycles. The molecule has 0 radical (unpaired) electrons. The molecule has 0 heterocycles. The van der Waals surface area contributed by atoms with E-state index in [1.54, 1.807) is 11.0 Å². The summed E-state index contributed by atoms with van der Waals surface area (Å²) in [5.41, 5.74) is 0. The monoisotopic (exact) mass is 240 g/mol. The summed E-state index contributed by atoms with van der Waals surface area (Å²) in [7, 11) is 0. The van der Waals surface area contributed by atoms with Crippen LogP contribution in [0.5, 0.6) is 0 Å². The van der Waals surface area contributed by atoms with E-state index in [1.165, 1.54) is 0 Å². The first-order valence-corrected chi connectivity index (χ1v) is 6.01. The highest BCUT2D eigenvalue weighted by molar-refractivity contribution is 5.82. The zero-order chi connectivity index (χ0) is 12.8. The molecule has 0 aromatic rings. The number of hydrogen-bond donors (Lipinski definition) is 2. The predicted octanol–water partition coefficient (Wildman–Crippen LogP) is 1.60. The Labute approximate surface area is 101 Å². The smallest absolute Gasteiger partial charge is 0.326 e. The average Bonchev–Trinajstić information content (AvgIpc) is 3.08. The Morgan fingerprint density at radius 3 is 2.65 bits per heavy atom. The Hall–Kier alpha value is -1.52. The maximum Gasteiger partial charge on any atom is 0.326 e. The largest absolute Gasteiger partial charge is 0.480 e. The van der Waals surface area contributed by atoms with Crippen LogP contribution in [0.3, 0.4) is 0 Å². The van der Waals surface area contributed by atoms with Gasteiger partial charge in [0.2, 0.25) is 0 Å². The lowest BCUT2D eigenvalue weighted by molar-refractivity contribution is -0.139. The third kappa shape index (κ3) is 4.09. The van der Waals surface area contributed by atoms with Gasteiger partial charge in [0.05, 0.1) is 0 Å². The van der Waals surface area contributed by atoms with Crippen molar-refractivity contribution in [3.63, 3.8) is 0 Å². The quantitative estimate of drug-likeness (QED) is 0.664. The molecule has 0 aromatic heterocycles. The molecule has 1 aliphatic rings. The van der Waals surface area contributed by atoms with Crippen LogP contribution < -0.4 is 5.32 Å². The fourth-order valence-electron chi connectivity index (χ4n) is 1.70. The number of nitrogens with one attached hydrogen (secondary N) is 1. The second-order valence-corrected chi connectivity index (χ2v) is 4.30. The van der Waals surface area contributed by atoms with Gasteiger partial charge in [-0.3, -0.25) is 0 Å². The summed E-state index contributed by atoms with van der Waals surface area (Å²) in [6, 6.07) is -0.837. The van der Waals surface area contributed by atoms with Gasteiger partial charge in [-0.05, 0) is 19.3 Å². The molecule has 0 spiro atoms. The van der Waals surface area contributed by atoms with Crippen LogP contribution in [0.4, 0.5) is 4.79 Å². The first kappa shape index (κ1) is 13.5. The highest BCUT2D eigenvalue weighted by Crippen LogP contribution is 2.26. The van der Waals surface area contributed by atoms with Crippen LogP contribution >= 0.6 is 0 Å². The SMILES string of the molecule is C=CCN(C(=O)N[C@@H](CCC)C(=O)O)C1CC1. The Morgan fingerprint density at radius 1 is 1.59 bits per heavy atom. The molecule has 2 amide bonds. The van der Waals surface area contributed by atoms with Crippen LogP contribution in [0, 0.1) is 0 Å². The summed E-state index contributed by atoms with van der Waals surface area (Å²) in [5, 5.41) is 11.5. The number of carboxylic acids is 1. The summed E-state index contributed by atoms with van der Waals surface area (Å²) in [6.45, 7) is 5.97. The maximum atomic E-state index is 11.9. The van der Waals surface area contributed by atoms with Crippen molar-refractivity contribution >= 4 is 12.0 Å². The van der Waals surface area contributed by atoms with Crippen LogP contribution in [-0.2, 0) is 4.79 Å². The van der Waals surface area contributed by atoms with Crippen molar-refractivity contribution < 1.29 is 14.7 Å². The zero-order valence-electron chi connectivity index (χ0n) is 10.2. The van der Waals surface area contributed by atoms with Gasteiger partial charge in [-0.15, -0.1) is 6.58 Å². The molecule has 1 saturated carbocycles. The Morgan fingerprint density at radius 2 is 2.24 bits per heavy atom. The van der Waals surface area contributed by atoms with Crippen LogP contribution in [-0.4, -0.2) is 40.6 Å². The molecule has 0 saturated heterocycles. The van der Waals surface area contributed by atoms with E-state index in [1.807, 2.05) is 6.92 Å². The molecule has 96 valence electrons. The number of amides is 2. The molecule has 5 nitrogen and oxygen atoms in total. The predicted molar refractivity (Wildman–Crippen MR) is 64.8 cm³/mol. The second kappa shape index (κ2) is 6.27. The molecular formula is C12H20N2O3.